The van der Waals surface area contributed by atoms with Gasteiger partial charge in [0.2, 0.25) is 0 Å². The number of aliphatic hydroxyl groups is 1. The lowest BCUT2D eigenvalue weighted by molar-refractivity contribution is -0.123. The highest BCUT2D eigenvalue weighted by Crippen LogP contribution is 2.34. The van der Waals surface area contributed by atoms with Crippen LogP contribution < -0.4 is 10.9 Å². The van der Waals surface area contributed by atoms with E-state index >= 15 is 0 Å². The largest absolute Gasteiger partial charge is 0.396 e. The monoisotopic (exact) mass is 446 g/mol. The third-order valence-corrected chi connectivity index (χ3v) is 6.33. The van der Waals surface area contributed by atoms with Gasteiger partial charge in [-0.2, -0.15) is 0 Å². The lowest BCUT2D eigenvalue weighted by Crippen LogP contribution is -2.35. The molecule has 1 atom stereocenters. The molecule has 4 heterocycles. The van der Waals surface area contributed by atoms with Crippen molar-refractivity contribution < 1.29 is 14.6 Å². The first-order valence-corrected chi connectivity index (χ1v) is 11.0. The number of aliphatic hydroxyl groups excluding tert-OH is 1. The third kappa shape index (κ3) is 4.27. The lowest BCUT2D eigenvalue weighted by atomic mass is 10.2. The number of fused-ring (bicyclic) bond motifs is 1. The van der Waals surface area contributed by atoms with Crippen molar-refractivity contribution in [1.82, 2.24) is 14.3 Å². The van der Waals surface area contributed by atoms with Crippen LogP contribution in [0.25, 0.3) is 11.7 Å². The molecule has 158 valence electrons. The Morgan fingerprint density at radius 2 is 2.27 bits per heavy atom. The van der Waals surface area contributed by atoms with Crippen LogP contribution in [0.1, 0.15) is 24.8 Å². The lowest BCUT2D eigenvalue weighted by Gasteiger charge is -2.18. The summed E-state index contributed by atoms with van der Waals surface area (Å²) >= 11 is 6.58. The molecule has 2 N–H and O–H groups in total. The molecule has 0 spiro atoms. The number of nitrogens with zero attached hydrogens (tertiary/aromatic N) is 3. The van der Waals surface area contributed by atoms with Crippen molar-refractivity contribution >= 4 is 51.7 Å². The summed E-state index contributed by atoms with van der Waals surface area (Å²) in [5.41, 5.74) is 0.503. The van der Waals surface area contributed by atoms with E-state index in [-0.39, 0.29) is 29.7 Å². The summed E-state index contributed by atoms with van der Waals surface area (Å²) < 4.78 is 7.53. The molecule has 0 aromatic carbocycles. The maximum Gasteiger partial charge on any atom is 0.267 e. The van der Waals surface area contributed by atoms with Crippen LogP contribution in [0.4, 0.5) is 5.82 Å². The second kappa shape index (κ2) is 9.25. The van der Waals surface area contributed by atoms with Gasteiger partial charge in [0.25, 0.3) is 11.5 Å². The molecule has 0 bridgehead atoms. The molecule has 2 fully saturated rings. The van der Waals surface area contributed by atoms with E-state index in [2.05, 4.69) is 10.3 Å². The molecular formula is C20H22N4O4S2. The summed E-state index contributed by atoms with van der Waals surface area (Å²) in [5, 5.41) is 12.2. The van der Waals surface area contributed by atoms with Gasteiger partial charge in [0.15, 0.2) is 0 Å². The Morgan fingerprint density at radius 1 is 1.40 bits per heavy atom. The van der Waals surface area contributed by atoms with E-state index in [0.29, 0.717) is 46.8 Å². The van der Waals surface area contributed by atoms with Crippen molar-refractivity contribution in [2.45, 2.75) is 25.4 Å². The Morgan fingerprint density at radius 3 is 3.03 bits per heavy atom. The van der Waals surface area contributed by atoms with Gasteiger partial charge in [-0.3, -0.25) is 18.9 Å². The number of carbonyl (C=O) groups excluding carboxylic acids is 1. The first kappa shape index (κ1) is 21.0. The zero-order chi connectivity index (χ0) is 21.1. The van der Waals surface area contributed by atoms with Crippen LogP contribution in [0, 0.1) is 0 Å². The van der Waals surface area contributed by atoms with Crippen molar-refractivity contribution in [3.05, 3.63) is 45.2 Å². The van der Waals surface area contributed by atoms with Gasteiger partial charge in [0, 0.05) is 26.0 Å². The maximum absolute atomic E-state index is 13.1. The summed E-state index contributed by atoms with van der Waals surface area (Å²) in [6, 6.07) is 5.29. The zero-order valence-corrected chi connectivity index (χ0v) is 17.9. The molecule has 2 aliphatic rings. The number of ether oxygens (including phenoxy) is 1. The standard InChI is InChI=1S/C20H22N4O4S2/c25-9-4-7-21-17-14(18(26)23-8-2-1-6-16(23)22-17)11-15-19(27)24(20(29)30-15)12-13-5-3-10-28-13/h1-2,6,8,11,13,21,25H,3-5,7,9-10,12H2/b15-11-. The van der Waals surface area contributed by atoms with E-state index in [4.69, 9.17) is 22.1 Å². The molecule has 2 saturated heterocycles. The van der Waals surface area contributed by atoms with Gasteiger partial charge in [0.1, 0.15) is 15.8 Å². The van der Waals surface area contributed by atoms with Crippen molar-refractivity contribution in [1.29, 1.82) is 0 Å². The number of anilines is 1. The minimum atomic E-state index is -0.281. The highest BCUT2D eigenvalue weighted by molar-refractivity contribution is 8.26. The second-order valence-corrected chi connectivity index (χ2v) is 8.72. The van der Waals surface area contributed by atoms with Gasteiger partial charge in [-0.25, -0.2) is 4.98 Å². The maximum atomic E-state index is 13.1. The number of rotatable bonds is 7. The van der Waals surface area contributed by atoms with Crippen molar-refractivity contribution in [3.8, 4) is 0 Å². The molecule has 1 unspecified atom stereocenters. The first-order valence-electron chi connectivity index (χ1n) is 9.81. The Bertz CT molecular complexity index is 1060. The third-order valence-electron chi connectivity index (χ3n) is 4.96. The van der Waals surface area contributed by atoms with Crippen LogP contribution in [-0.4, -0.2) is 62.0 Å². The average molecular weight is 447 g/mol. The summed E-state index contributed by atoms with van der Waals surface area (Å²) in [7, 11) is 0. The number of thioether (sulfide) groups is 1. The predicted octanol–water partition coefficient (Wildman–Crippen LogP) is 1.87. The number of aromatic nitrogens is 2. The summed E-state index contributed by atoms with van der Waals surface area (Å²) in [6.45, 7) is 1.61. The molecule has 0 aliphatic carbocycles. The highest BCUT2D eigenvalue weighted by Gasteiger charge is 2.35. The van der Waals surface area contributed by atoms with Gasteiger partial charge >= 0.3 is 0 Å². The van der Waals surface area contributed by atoms with Crippen LogP contribution in [0.3, 0.4) is 0 Å². The molecular weight excluding hydrogens is 424 g/mol. The average Bonchev–Trinajstić information content (AvgIpc) is 3.35. The predicted molar refractivity (Wildman–Crippen MR) is 121 cm³/mol. The van der Waals surface area contributed by atoms with Gasteiger partial charge in [-0.05, 0) is 37.5 Å². The molecule has 2 aliphatic heterocycles. The molecule has 2 aromatic heterocycles. The Kier molecular flexibility index (Phi) is 6.47. The fourth-order valence-electron chi connectivity index (χ4n) is 3.43. The number of hydrogen-bond donors (Lipinski definition) is 2. The second-order valence-electron chi connectivity index (χ2n) is 7.04. The van der Waals surface area contributed by atoms with Crippen LogP contribution >= 0.6 is 24.0 Å². The quantitative estimate of drug-likeness (QED) is 0.378. The van der Waals surface area contributed by atoms with Crippen LogP contribution in [0.2, 0.25) is 0 Å². The molecule has 2 aromatic rings. The number of carbonyl (C=O) groups is 1. The van der Waals surface area contributed by atoms with Gasteiger partial charge < -0.3 is 15.2 Å². The fourth-order valence-corrected chi connectivity index (χ4v) is 4.69. The smallest absolute Gasteiger partial charge is 0.267 e. The van der Waals surface area contributed by atoms with Gasteiger partial charge in [0.05, 0.1) is 23.1 Å². The summed E-state index contributed by atoms with van der Waals surface area (Å²) in [5.74, 6) is 0.156. The summed E-state index contributed by atoms with van der Waals surface area (Å²) in [4.78, 5) is 32.6. The topological polar surface area (TPSA) is 96.2 Å². The number of thiocarbonyl (C=S) groups is 1. The zero-order valence-electron chi connectivity index (χ0n) is 16.2. The van der Waals surface area contributed by atoms with E-state index in [1.165, 1.54) is 16.2 Å². The minimum absolute atomic E-state index is 0.00415. The van der Waals surface area contributed by atoms with E-state index in [0.717, 1.165) is 12.8 Å². The van der Waals surface area contributed by atoms with E-state index in [9.17, 15) is 9.59 Å². The molecule has 0 radical (unpaired) electrons. The fraction of sp³-hybridized carbons (Fsp3) is 0.400. The molecule has 4 rings (SSSR count). The Balaban J connectivity index is 1.69. The molecule has 10 heteroatoms. The van der Waals surface area contributed by atoms with Gasteiger partial charge in [-0.15, -0.1) is 0 Å². The van der Waals surface area contributed by atoms with Gasteiger partial charge in [-0.1, -0.05) is 30.0 Å². The normalized spacial score (nSPS) is 20.6. The Hall–Kier alpha value is -2.27. The minimum Gasteiger partial charge on any atom is -0.396 e. The molecule has 1 amide bonds. The number of pyridine rings is 1. The number of nitrogens with one attached hydrogen (secondary N) is 1. The summed E-state index contributed by atoms with van der Waals surface area (Å²) in [6.07, 6.45) is 5.60. The van der Waals surface area contributed by atoms with E-state index in [1.54, 1.807) is 35.4 Å². The highest BCUT2D eigenvalue weighted by atomic mass is 32.2. The van der Waals surface area contributed by atoms with Crippen molar-refractivity contribution in [2.75, 3.05) is 31.6 Å². The molecule has 0 saturated carbocycles. The van der Waals surface area contributed by atoms with E-state index in [1.807, 2.05) is 0 Å². The SMILES string of the molecule is O=C1/C(=C/c2c(NCCCO)nc3ccccn3c2=O)SC(=S)N1CC1CCCO1. The number of amides is 1. The van der Waals surface area contributed by atoms with Crippen LogP contribution in [-0.2, 0) is 9.53 Å². The van der Waals surface area contributed by atoms with Crippen LogP contribution in [0.15, 0.2) is 34.1 Å². The number of hydrogen-bond acceptors (Lipinski definition) is 8. The molecule has 8 nitrogen and oxygen atoms in total. The molecule has 30 heavy (non-hydrogen) atoms. The van der Waals surface area contributed by atoms with E-state index < -0.39 is 0 Å². The van der Waals surface area contributed by atoms with Crippen molar-refractivity contribution in [2.24, 2.45) is 0 Å². The van der Waals surface area contributed by atoms with Crippen molar-refractivity contribution in [3.63, 3.8) is 0 Å². The first-order chi connectivity index (χ1) is 14.6. The van der Waals surface area contributed by atoms with Crippen LogP contribution in [0.5, 0.6) is 0 Å². The Labute approximate surface area is 182 Å².